The van der Waals surface area contributed by atoms with Gasteiger partial charge >= 0.3 is 5.69 Å². The zero-order valence-electron chi connectivity index (χ0n) is 23.0. The number of hydrogen-bond acceptors (Lipinski definition) is 8. The Hall–Kier alpha value is -4.29. The van der Waals surface area contributed by atoms with E-state index in [9.17, 15) is 23.1 Å². The summed E-state index contributed by atoms with van der Waals surface area (Å²) < 4.78 is 42.5. The molecule has 1 N–H and O–H groups in total. The van der Waals surface area contributed by atoms with Crippen LogP contribution in [0.2, 0.25) is 5.02 Å². The van der Waals surface area contributed by atoms with Gasteiger partial charge in [-0.2, -0.15) is 4.98 Å². The molecule has 1 atom stereocenters. The minimum absolute atomic E-state index is 0.0215. The van der Waals surface area contributed by atoms with Crippen molar-refractivity contribution in [2.24, 2.45) is 0 Å². The van der Waals surface area contributed by atoms with Crippen molar-refractivity contribution in [3.63, 3.8) is 0 Å². The average molecular weight is 612 g/mol. The van der Waals surface area contributed by atoms with Gasteiger partial charge in [-0.1, -0.05) is 36.4 Å². The van der Waals surface area contributed by atoms with Crippen molar-refractivity contribution in [3.05, 3.63) is 82.0 Å². The van der Waals surface area contributed by atoms with Gasteiger partial charge in [-0.15, -0.1) is 0 Å². The molecule has 1 aliphatic rings. The molecule has 1 fully saturated rings. The van der Waals surface area contributed by atoms with E-state index in [1.54, 1.807) is 28.9 Å². The Kier molecular flexibility index (Phi) is 7.54. The molecule has 0 spiro atoms. The van der Waals surface area contributed by atoms with Gasteiger partial charge in [0.1, 0.15) is 17.3 Å². The number of carbonyl (C=O) groups is 1. The van der Waals surface area contributed by atoms with E-state index in [1.165, 1.54) is 30.3 Å². The SMILES string of the molecule is C=CC(=O)N1CCN(c2nc(=O)n(-c3c(C)cccc3S(C)(=O)=O)c3nc(-c4c(O)cccc4Cl)c(F)cc23)[C@@H](C)C1. The quantitative estimate of drug-likeness (QED) is 0.337. The molecule has 13 heteroatoms. The Morgan fingerprint density at radius 2 is 1.90 bits per heavy atom. The summed E-state index contributed by atoms with van der Waals surface area (Å²) in [7, 11) is -3.84. The number of anilines is 1. The van der Waals surface area contributed by atoms with Crippen molar-refractivity contribution in [2.45, 2.75) is 24.8 Å². The summed E-state index contributed by atoms with van der Waals surface area (Å²) in [4.78, 5) is 38.2. The summed E-state index contributed by atoms with van der Waals surface area (Å²) in [5, 5.41) is 10.7. The highest BCUT2D eigenvalue weighted by Crippen LogP contribution is 2.39. The van der Waals surface area contributed by atoms with E-state index in [1.807, 2.05) is 6.92 Å². The molecule has 0 aliphatic carbocycles. The van der Waals surface area contributed by atoms with Gasteiger partial charge in [0.15, 0.2) is 21.3 Å². The normalized spacial score (nSPS) is 15.7. The Labute approximate surface area is 246 Å². The van der Waals surface area contributed by atoms with E-state index in [4.69, 9.17) is 11.6 Å². The molecule has 0 radical (unpaired) electrons. The lowest BCUT2D eigenvalue weighted by Gasteiger charge is -2.40. The van der Waals surface area contributed by atoms with Crippen LogP contribution in [0.3, 0.4) is 0 Å². The summed E-state index contributed by atoms with van der Waals surface area (Å²) in [5.74, 6) is -1.29. The lowest BCUT2D eigenvalue weighted by Crippen LogP contribution is -2.54. The van der Waals surface area contributed by atoms with E-state index in [-0.39, 0.29) is 68.0 Å². The molecule has 2 aromatic heterocycles. The minimum Gasteiger partial charge on any atom is -0.507 e. The maximum absolute atomic E-state index is 15.9. The molecule has 0 saturated carbocycles. The first kappa shape index (κ1) is 29.2. The van der Waals surface area contributed by atoms with Gasteiger partial charge in [0.25, 0.3) is 0 Å². The van der Waals surface area contributed by atoms with Gasteiger partial charge in [-0.05, 0) is 49.8 Å². The number of carbonyl (C=O) groups excluding carboxylic acids is 1. The maximum Gasteiger partial charge on any atom is 0.355 e. The van der Waals surface area contributed by atoms with Crippen LogP contribution in [0.5, 0.6) is 5.75 Å². The molecule has 218 valence electrons. The van der Waals surface area contributed by atoms with Crippen molar-refractivity contribution in [1.29, 1.82) is 0 Å². The number of rotatable bonds is 5. The number of fused-ring (bicyclic) bond motifs is 1. The van der Waals surface area contributed by atoms with Gasteiger partial charge in [0.2, 0.25) is 5.91 Å². The highest BCUT2D eigenvalue weighted by Gasteiger charge is 2.31. The van der Waals surface area contributed by atoms with Gasteiger partial charge in [-0.3, -0.25) is 4.79 Å². The standard InChI is InChI=1S/C29H27ClFN5O5S/c1-5-23(38)34-12-13-35(17(3)15-34)27-18-14-20(31)25(24-19(30)9-7-10-21(24)37)32-28(18)36(29(39)33-27)26-16(2)8-6-11-22(26)42(4,40)41/h5-11,14,17,37H,1,12-13,15H2,2-4H3/t17-/m0/s1. The van der Waals surface area contributed by atoms with Crippen LogP contribution in [0.15, 0.2) is 64.8 Å². The molecule has 2 aromatic carbocycles. The number of aromatic hydroxyl groups is 1. The summed E-state index contributed by atoms with van der Waals surface area (Å²) in [6.45, 7) is 7.89. The topological polar surface area (TPSA) is 126 Å². The first-order valence-corrected chi connectivity index (χ1v) is 15.2. The van der Waals surface area contributed by atoms with E-state index in [0.717, 1.165) is 16.9 Å². The largest absolute Gasteiger partial charge is 0.507 e. The first-order valence-electron chi connectivity index (χ1n) is 12.9. The molecule has 0 unspecified atom stereocenters. The van der Waals surface area contributed by atoms with Crippen LogP contribution in [0.25, 0.3) is 28.0 Å². The van der Waals surface area contributed by atoms with E-state index < -0.39 is 21.3 Å². The third-order valence-corrected chi connectivity index (χ3v) is 8.68. The molecule has 4 aromatic rings. The number of amides is 1. The fourth-order valence-electron chi connectivity index (χ4n) is 5.27. The highest BCUT2D eigenvalue weighted by molar-refractivity contribution is 7.90. The van der Waals surface area contributed by atoms with Gasteiger partial charge in [-0.25, -0.2) is 27.2 Å². The van der Waals surface area contributed by atoms with Crippen LogP contribution in [0, 0.1) is 12.7 Å². The lowest BCUT2D eigenvalue weighted by atomic mass is 10.1. The Balaban J connectivity index is 1.86. The number of pyridine rings is 1. The number of para-hydroxylation sites is 1. The zero-order valence-corrected chi connectivity index (χ0v) is 24.6. The Morgan fingerprint density at radius 1 is 1.19 bits per heavy atom. The lowest BCUT2D eigenvalue weighted by molar-refractivity contribution is -0.126. The van der Waals surface area contributed by atoms with E-state index >= 15 is 4.39 Å². The number of phenols is 1. The van der Waals surface area contributed by atoms with Crippen LogP contribution >= 0.6 is 11.6 Å². The number of aromatic nitrogens is 3. The molecule has 1 amide bonds. The van der Waals surface area contributed by atoms with Crippen molar-refractivity contribution >= 4 is 44.2 Å². The predicted molar refractivity (Wildman–Crippen MR) is 159 cm³/mol. The molecule has 42 heavy (non-hydrogen) atoms. The number of piperazine rings is 1. The minimum atomic E-state index is -3.84. The number of phenolic OH excluding ortho intramolecular Hbond substituents is 1. The molecular weight excluding hydrogens is 585 g/mol. The van der Waals surface area contributed by atoms with Crippen molar-refractivity contribution in [1.82, 2.24) is 19.4 Å². The monoisotopic (exact) mass is 611 g/mol. The third-order valence-electron chi connectivity index (χ3n) is 7.24. The van der Waals surface area contributed by atoms with Crippen LogP contribution in [-0.2, 0) is 14.6 Å². The first-order chi connectivity index (χ1) is 19.8. The smallest absolute Gasteiger partial charge is 0.355 e. The number of hydrogen-bond donors (Lipinski definition) is 1. The van der Waals surface area contributed by atoms with E-state index in [0.29, 0.717) is 18.7 Å². The van der Waals surface area contributed by atoms with Gasteiger partial charge < -0.3 is 14.9 Å². The summed E-state index contributed by atoms with van der Waals surface area (Å²) in [6.07, 6.45) is 2.25. The van der Waals surface area contributed by atoms with Crippen LogP contribution in [-0.4, -0.2) is 70.8 Å². The zero-order chi connectivity index (χ0) is 30.5. The fourth-order valence-corrected chi connectivity index (χ4v) is 6.46. The molecule has 5 rings (SSSR count). The summed E-state index contributed by atoms with van der Waals surface area (Å²) in [5.41, 5.74) is -0.890. The highest BCUT2D eigenvalue weighted by atomic mass is 35.5. The molecule has 0 bridgehead atoms. The second-order valence-electron chi connectivity index (χ2n) is 10.1. The molecule has 1 aliphatic heterocycles. The fraction of sp³-hybridized carbons (Fsp3) is 0.241. The van der Waals surface area contributed by atoms with Crippen LogP contribution < -0.4 is 10.6 Å². The molecule has 1 saturated heterocycles. The van der Waals surface area contributed by atoms with Gasteiger partial charge in [0.05, 0.1) is 26.6 Å². The number of nitrogens with zero attached hydrogens (tertiary/aromatic N) is 5. The van der Waals surface area contributed by atoms with Crippen molar-refractivity contribution < 1.29 is 22.7 Å². The molecular formula is C29H27ClFN5O5S. The number of benzene rings is 2. The average Bonchev–Trinajstić information content (AvgIpc) is 2.92. The number of halogens is 2. The Bertz CT molecular complexity index is 1930. The Morgan fingerprint density at radius 3 is 2.55 bits per heavy atom. The second kappa shape index (κ2) is 10.8. The second-order valence-corrected chi connectivity index (χ2v) is 12.5. The van der Waals surface area contributed by atoms with E-state index in [2.05, 4.69) is 16.5 Å². The number of aryl methyl sites for hydroxylation is 1. The van der Waals surface area contributed by atoms with Gasteiger partial charge in [0, 0.05) is 31.9 Å². The molecule has 3 heterocycles. The third kappa shape index (κ3) is 5.01. The van der Waals surface area contributed by atoms with Crippen LogP contribution in [0.1, 0.15) is 12.5 Å². The van der Waals surface area contributed by atoms with Crippen molar-refractivity contribution in [2.75, 3.05) is 30.8 Å². The van der Waals surface area contributed by atoms with Crippen LogP contribution in [0.4, 0.5) is 10.2 Å². The van der Waals surface area contributed by atoms with Crippen molar-refractivity contribution in [3.8, 4) is 22.7 Å². The number of sulfone groups is 1. The predicted octanol–water partition coefficient (Wildman–Crippen LogP) is 3.88. The summed E-state index contributed by atoms with van der Waals surface area (Å²) in [6, 6.07) is 9.65. The molecule has 10 nitrogen and oxygen atoms in total. The summed E-state index contributed by atoms with van der Waals surface area (Å²) >= 11 is 6.33. The maximum atomic E-state index is 15.9.